The van der Waals surface area contributed by atoms with Gasteiger partial charge in [0, 0.05) is 12.6 Å². The van der Waals surface area contributed by atoms with Gasteiger partial charge in [0.1, 0.15) is 12.4 Å². The highest BCUT2D eigenvalue weighted by Gasteiger charge is 2.22. The third-order valence-corrected chi connectivity index (χ3v) is 6.55. The third-order valence-electron chi connectivity index (χ3n) is 4.77. The summed E-state index contributed by atoms with van der Waals surface area (Å²) in [5.41, 5.74) is 1.95. The molecule has 0 saturated heterocycles. The molecule has 1 N–H and O–H groups in total. The molecule has 0 bridgehead atoms. The standard InChI is InChI=1S/C24H26N2O4S/c1-18-12-14-22(15-13-18)30-17-19(2)25-24(27)20-8-7-11-23(16-20)31(28,29)26(3)21-9-5-4-6-10-21/h4-16,19H,17H2,1-3H3,(H,25,27)/t19-/m0/s1. The van der Waals surface area contributed by atoms with Gasteiger partial charge >= 0.3 is 0 Å². The lowest BCUT2D eigenvalue weighted by Gasteiger charge is -2.20. The second-order valence-corrected chi connectivity index (χ2v) is 9.30. The lowest BCUT2D eigenvalue weighted by Crippen LogP contribution is -2.37. The first-order chi connectivity index (χ1) is 14.8. The summed E-state index contributed by atoms with van der Waals surface area (Å²) in [5, 5.41) is 2.85. The summed E-state index contributed by atoms with van der Waals surface area (Å²) in [4.78, 5) is 12.7. The maximum Gasteiger partial charge on any atom is 0.264 e. The van der Waals surface area contributed by atoms with Gasteiger partial charge in [-0.3, -0.25) is 9.10 Å². The number of carbonyl (C=O) groups is 1. The summed E-state index contributed by atoms with van der Waals surface area (Å²) >= 11 is 0. The van der Waals surface area contributed by atoms with Gasteiger partial charge in [-0.2, -0.15) is 0 Å². The van der Waals surface area contributed by atoms with Crippen molar-refractivity contribution in [3.05, 3.63) is 90.0 Å². The van der Waals surface area contributed by atoms with Crippen LogP contribution in [0.3, 0.4) is 0 Å². The first-order valence-electron chi connectivity index (χ1n) is 9.92. The van der Waals surface area contributed by atoms with E-state index in [0.29, 0.717) is 12.3 Å². The van der Waals surface area contributed by atoms with E-state index in [4.69, 9.17) is 4.74 Å². The Morgan fingerprint density at radius 2 is 1.68 bits per heavy atom. The Morgan fingerprint density at radius 3 is 2.35 bits per heavy atom. The van der Waals surface area contributed by atoms with Gasteiger partial charge in [0.15, 0.2) is 0 Å². The Labute approximate surface area is 183 Å². The van der Waals surface area contributed by atoms with Gasteiger partial charge in [0.25, 0.3) is 15.9 Å². The number of hydrogen-bond acceptors (Lipinski definition) is 4. The summed E-state index contributed by atoms with van der Waals surface area (Å²) in [6.45, 7) is 4.12. The third kappa shape index (κ3) is 5.64. The van der Waals surface area contributed by atoms with Crippen LogP contribution < -0.4 is 14.4 Å². The fourth-order valence-electron chi connectivity index (χ4n) is 2.94. The monoisotopic (exact) mass is 438 g/mol. The molecule has 0 aliphatic carbocycles. The molecule has 31 heavy (non-hydrogen) atoms. The molecule has 0 unspecified atom stereocenters. The van der Waals surface area contributed by atoms with Crippen LogP contribution in [0.15, 0.2) is 83.8 Å². The van der Waals surface area contributed by atoms with Crippen LogP contribution in [0.2, 0.25) is 0 Å². The molecule has 3 aromatic rings. The van der Waals surface area contributed by atoms with Crippen molar-refractivity contribution >= 4 is 21.6 Å². The highest BCUT2D eigenvalue weighted by molar-refractivity contribution is 7.92. The molecule has 6 nitrogen and oxygen atoms in total. The van der Waals surface area contributed by atoms with Crippen molar-refractivity contribution in [2.45, 2.75) is 24.8 Å². The minimum absolute atomic E-state index is 0.0510. The Hall–Kier alpha value is -3.32. The Bertz CT molecular complexity index is 1130. The number of nitrogens with zero attached hydrogens (tertiary/aromatic N) is 1. The van der Waals surface area contributed by atoms with E-state index in [-0.39, 0.29) is 22.4 Å². The summed E-state index contributed by atoms with van der Waals surface area (Å²) < 4.78 is 32.9. The molecule has 0 spiro atoms. The minimum atomic E-state index is -3.80. The van der Waals surface area contributed by atoms with Crippen molar-refractivity contribution in [3.63, 3.8) is 0 Å². The number of para-hydroxylation sites is 1. The van der Waals surface area contributed by atoms with Crippen molar-refractivity contribution in [2.24, 2.45) is 0 Å². The van der Waals surface area contributed by atoms with Crippen molar-refractivity contribution in [1.82, 2.24) is 5.32 Å². The molecular weight excluding hydrogens is 412 g/mol. The van der Waals surface area contributed by atoms with E-state index in [1.54, 1.807) is 36.4 Å². The first-order valence-corrected chi connectivity index (χ1v) is 11.4. The molecule has 0 radical (unpaired) electrons. The number of nitrogens with one attached hydrogen (secondary N) is 1. The zero-order valence-corrected chi connectivity index (χ0v) is 18.6. The zero-order chi connectivity index (χ0) is 22.4. The van der Waals surface area contributed by atoms with Crippen LogP contribution in [0.5, 0.6) is 5.75 Å². The number of rotatable bonds is 8. The van der Waals surface area contributed by atoms with Crippen LogP contribution in [0.1, 0.15) is 22.8 Å². The Balaban J connectivity index is 1.67. The zero-order valence-electron chi connectivity index (χ0n) is 17.8. The average molecular weight is 439 g/mol. The summed E-state index contributed by atoms with van der Waals surface area (Å²) in [5.74, 6) is 0.364. The number of sulfonamides is 1. The van der Waals surface area contributed by atoms with Crippen molar-refractivity contribution in [3.8, 4) is 5.75 Å². The number of aryl methyl sites for hydroxylation is 1. The molecule has 0 fully saturated rings. The lowest BCUT2D eigenvalue weighted by atomic mass is 10.2. The second kappa shape index (κ2) is 9.66. The number of ether oxygens (including phenoxy) is 1. The molecule has 7 heteroatoms. The SMILES string of the molecule is Cc1ccc(OC[C@H](C)NC(=O)c2cccc(S(=O)(=O)N(C)c3ccccc3)c2)cc1. The van der Waals surface area contributed by atoms with Gasteiger partial charge in [0.05, 0.1) is 16.6 Å². The van der Waals surface area contributed by atoms with E-state index < -0.39 is 10.0 Å². The first kappa shape index (κ1) is 22.4. The van der Waals surface area contributed by atoms with Crippen LogP contribution in [-0.4, -0.2) is 34.0 Å². The van der Waals surface area contributed by atoms with Gasteiger partial charge in [-0.25, -0.2) is 8.42 Å². The van der Waals surface area contributed by atoms with Gasteiger partial charge in [-0.05, 0) is 56.3 Å². The van der Waals surface area contributed by atoms with Gasteiger partial charge in [-0.1, -0.05) is 42.0 Å². The van der Waals surface area contributed by atoms with E-state index in [1.165, 1.54) is 23.5 Å². The maximum atomic E-state index is 13.0. The molecule has 0 aromatic heterocycles. The van der Waals surface area contributed by atoms with E-state index in [1.807, 2.05) is 44.2 Å². The number of benzene rings is 3. The molecule has 0 saturated carbocycles. The summed E-state index contributed by atoms with van der Waals surface area (Å²) in [7, 11) is -2.31. The molecule has 1 atom stereocenters. The smallest absolute Gasteiger partial charge is 0.264 e. The van der Waals surface area contributed by atoms with Crippen molar-refractivity contribution in [2.75, 3.05) is 18.0 Å². The molecule has 1 amide bonds. The molecule has 162 valence electrons. The second-order valence-electron chi connectivity index (χ2n) is 7.33. The van der Waals surface area contributed by atoms with Gasteiger partial charge < -0.3 is 10.1 Å². The van der Waals surface area contributed by atoms with Gasteiger partial charge in [-0.15, -0.1) is 0 Å². The van der Waals surface area contributed by atoms with E-state index in [2.05, 4.69) is 5.32 Å². The highest BCUT2D eigenvalue weighted by Crippen LogP contribution is 2.22. The minimum Gasteiger partial charge on any atom is -0.491 e. The number of hydrogen-bond donors (Lipinski definition) is 1. The van der Waals surface area contributed by atoms with Crippen LogP contribution in [0.4, 0.5) is 5.69 Å². The number of anilines is 1. The Kier molecular flexibility index (Phi) is 6.97. The van der Waals surface area contributed by atoms with Crippen LogP contribution in [0.25, 0.3) is 0 Å². The molecule has 0 aliphatic heterocycles. The molecule has 0 heterocycles. The van der Waals surface area contributed by atoms with Gasteiger partial charge in [0.2, 0.25) is 0 Å². The van der Waals surface area contributed by atoms with Crippen molar-refractivity contribution in [1.29, 1.82) is 0 Å². The molecule has 0 aliphatic rings. The fraction of sp³-hybridized carbons (Fsp3) is 0.208. The predicted molar refractivity (Wildman–Crippen MR) is 122 cm³/mol. The molecule has 3 aromatic carbocycles. The molecular formula is C24H26N2O4S. The topological polar surface area (TPSA) is 75.7 Å². The lowest BCUT2D eigenvalue weighted by molar-refractivity contribution is 0.0926. The maximum absolute atomic E-state index is 13.0. The van der Waals surface area contributed by atoms with Crippen LogP contribution >= 0.6 is 0 Å². The van der Waals surface area contributed by atoms with E-state index in [9.17, 15) is 13.2 Å². The quantitative estimate of drug-likeness (QED) is 0.576. The van der Waals surface area contributed by atoms with Crippen LogP contribution in [0, 0.1) is 6.92 Å². The normalized spacial score (nSPS) is 12.1. The van der Waals surface area contributed by atoms with Crippen molar-refractivity contribution < 1.29 is 17.9 Å². The molecule has 3 rings (SSSR count). The largest absolute Gasteiger partial charge is 0.491 e. The number of carbonyl (C=O) groups excluding carboxylic acids is 1. The number of amides is 1. The van der Waals surface area contributed by atoms with E-state index >= 15 is 0 Å². The summed E-state index contributed by atoms with van der Waals surface area (Å²) in [6, 6.07) is 22.2. The van der Waals surface area contributed by atoms with E-state index in [0.717, 1.165) is 11.3 Å². The van der Waals surface area contributed by atoms with Crippen LogP contribution in [-0.2, 0) is 10.0 Å². The highest BCUT2D eigenvalue weighted by atomic mass is 32.2. The Morgan fingerprint density at radius 1 is 1.00 bits per heavy atom. The average Bonchev–Trinajstić information content (AvgIpc) is 2.78. The predicted octanol–water partition coefficient (Wildman–Crippen LogP) is 4.02. The fourth-order valence-corrected chi connectivity index (χ4v) is 4.18. The summed E-state index contributed by atoms with van der Waals surface area (Å²) in [6.07, 6.45) is 0.